The van der Waals surface area contributed by atoms with Crippen molar-refractivity contribution in [3.63, 3.8) is 0 Å². The Hall–Kier alpha value is -5.46. The fourth-order valence-electron chi connectivity index (χ4n) is 8.21. The minimum atomic E-state index is -1.65. The smallest absolute Gasteiger partial charge is 0.331 e. The van der Waals surface area contributed by atoms with Crippen molar-refractivity contribution in [2.24, 2.45) is 52.7 Å². The Labute approximate surface area is 443 Å². The first-order valence-corrected chi connectivity index (χ1v) is 26.9. The maximum atomic E-state index is 14.3. The molecule has 2 unspecified atom stereocenters. The third-order valence-electron chi connectivity index (χ3n) is 13.5. The summed E-state index contributed by atoms with van der Waals surface area (Å²) in [5.74, 6) is -10.4. The molecule has 0 aromatic heterocycles. The van der Waals surface area contributed by atoms with Gasteiger partial charge < -0.3 is 74.9 Å². The molecule has 0 radical (unpaired) electrons. The van der Waals surface area contributed by atoms with Crippen LogP contribution in [-0.4, -0.2) is 151 Å². The summed E-state index contributed by atoms with van der Waals surface area (Å²) in [5, 5.41) is 34.4. The average molecular weight is 1070 g/mol. The number of nitrogens with two attached hydrogens (primary N) is 3. The predicted octanol–water partition coefficient (Wildman–Crippen LogP) is -1.41. The molecule has 1 aliphatic rings. The minimum Gasteiger partial charge on any atom is -0.460 e. The monoisotopic (exact) mass is 1070 g/mol. The summed E-state index contributed by atoms with van der Waals surface area (Å²) in [6.07, 6.45) is -0.430. The summed E-state index contributed by atoms with van der Waals surface area (Å²) >= 11 is 0. The highest BCUT2D eigenvalue weighted by Gasteiger charge is 2.38. The number of carbonyl (C=O) groups excluding carboxylic acids is 10. The normalized spacial score (nSPS) is 27.7. The second kappa shape index (κ2) is 34.3. The summed E-state index contributed by atoms with van der Waals surface area (Å²) in [7, 11) is 0. The molecule has 9 amide bonds. The number of nitrogens with one attached hydrogen (secondary N) is 9. The number of hydrogen-bond acceptors (Lipinski definition) is 15. The lowest BCUT2D eigenvalue weighted by Crippen LogP contribution is -2.62. The highest BCUT2D eigenvalue weighted by molar-refractivity contribution is 5.98. The van der Waals surface area contributed by atoms with Crippen molar-refractivity contribution in [2.45, 2.75) is 201 Å². The van der Waals surface area contributed by atoms with Crippen LogP contribution >= 0.6 is 0 Å². The van der Waals surface area contributed by atoms with Crippen LogP contribution in [0.3, 0.4) is 0 Å². The van der Waals surface area contributed by atoms with E-state index in [-0.39, 0.29) is 63.6 Å². The van der Waals surface area contributed by atoms with Crippen LogP contribution in [0.5, 0.6) is 0 Å². The van der Waals surface area contributed by atoms with Crippen LogP contribution in [0.1, 0.15) is 141 Å². The summed E-state index contributed by atoms with van der Waals surface area (Å²) in [6.45, 7) is 19.9. The van der Waals surface area contributed by atoms with Crippen molar-refractivity contribution in [1.82, 2.24) is 47.9 Å². The second-order valence-corrected chi connectivity index (χ2v) is 21.1. The van der Waals surface area contributed by atoms with E-state index in [0.29, 0.717) is 19.3 Å². The maximum Gasteiger partial charge on any atom is 0.331 e. The van der Waals surface area contributed by atoms with Gasteiger partial charge in [0.05, 0.1) is 13.0 Å². The zero-order valence-corrected chi connectivity index (χ0v) is 46.6. The quantitative estimate of drug-likeness (QED) is 0.0702. The molecule has 16 N–H and O–H groups in total. The van der Waals surface area contributed by atoms with Gasteiger partial charge in [0, 0.05) is 0 Å². The highest BCUT2D eigenvalue weighted by atomic mass is 16.5. The number of hydrogen-bond donors (Lipinski definition) is 13. The first kappa shape index (κ1) is 67.6. The number of aliphatic hydroxyl groups is 1. The Bertz CT molecular complexity index is 1890. The molecule has 1 rings (SSSR count). The molecular formula is C51H94N12O12. The van der Waals surface area contributed by atoms with E-state index in [4.69, 9.17) is 21.9 Å². The first-order chi connectivity index (χ1) is 35.2. The summed E-state index contributed by atoms with van der Waals surface area (Å²) in [6, 6.07) is -11.8. The Balaban J connectivity index is 4.04. The zero-order chi connectivity index (χ0) is 57.3. The number of esters is 1. The molecule has 0 aliphatic carbocycles. The maximum absolute atomic E-state index is 14.3. The lowest BCUT2D eigenvalue weighted by Gasteiger charge is -2.31. The van der Waals surface area contributed by atoms with E-state index >= 15 is 0 Å². The highest BCUT2D eigenvalue weighted by Crippen LogP contribution is 2.18. The average Bonchev–Trinajstić information content (AvgIpc) is 3.34. The molecule has 24 nitrogen and oxygen atoms in total. The first-order valence-electron chi connectivity index (χ1n) is 26.9. The van der Waals surface area contributed by atoms with Crippen molar-refractivity contribution < 1.29 is 57.8 Å². The van der Waals surface area contributed by atoms with Gasteiger partial charge in [-0.15, -0.1) is 0 Å². The molecule has 430 valence electrons. The molecule has 75 heavy (non-hydrogen) atoms. The van der Waals surface area contributed by atoms with Crippen molar-refractivity contribution in [3.8, 4) is 0 Å². The van der Waals surface area contributed by atoms with Crippen molar-refractivity contribution in [2.75, 3.05) is 26.2 Å². The van der Waals surface area contributed by atoms with Crippen LogP contribution in [0.4, 0.5) is 0 Å². The van der Waals surface area contributed by atoms with Gasteiger partial charge in [-0.3, -0.25) is 43.2 Å². The number of ether oxygens (including phenoxy) is 1. The van der Waals surface area contributed by atoms with E-state index in [9.17, 15) is 53.1 Å². The van der Waals surface area contributed by atoms with E-state index in [1.54, 1.807) is 69.2 Å². The van der Waals surface area contributed by atoms with E-state index in [1.807, 2.05) is 13.8 Å². The van der Waals surface area contributed by atoms with Crippen LogP contribution < -0.4 is 65.1 Å². The number of carbonyl (C=O) groups is 10. The Morgan fingerprint density at radius 2 is 0.760 bits per heavy atom. The Morgan fingerprint density at radius 3 is 1.11 bits per heavy atom. The zero-order valence-electron chi connectivity index (χ0n) is 46.6. The van der Waals surface area contributed by atoms with Gasteiger partial charge in [-0.1, -0.05) is 102 Å². The molecule has 1 aliphatic heterocycles. The largest absolute Gasteiger partial charge is 0.460 e. The summed E-state index contributed by atoms with van der Waals surface area (Å²) < 4.78 is 5.77. The third kappa shape index (κ3) is 22.7. The van der Waals surface area contributed by atoms with Crippen molar-refractivity contribution in [1.29, 1.82) is 0 Å². The molecule has 1 saturated heterocycles. The number of cyclic esters (lactones) is 1. The minimum absolute atomic E-state index is 0.0597. The Kier molecular flexibility index (Phi) is 30.9. The molecule has 24 heteroatoms. The molecule has 0 aromatic rings. The predicted molar refractivity (Wildman–Crippen MR) is 282 cm³/mol. The van der Waals surface area contributed by atoms with E-state index < -0.39 is 156 Å². The van der Waals surface area contributed by atoms with Crippen LogP contribution in [0.15, 0.2) is 0 Å². The molecule has 0 spiro atoms. The number of rotatable bonds is 18. The van der Waals surface area contributed by atoms with Crippen molar-refractivity contribution in [3.05, 3.63) is 0 Å². The van der Waals surface area contributed by atoms with Gasteiger partial charge in [-0.05, 0) is 87.2 Å². The standard InChI is InChI=1S/C51H94N12O12/c1-13-29(10)38-24-39(65)55-32(16-19-52)43(66)62-41(30(11)14-2)49(72)57-34(18-21-54)45(68)63-42(31(12)15-3)50(73)59-35(22-26(4)5)46(69)56-33(17-20-53)44(67)61-40(28(8)9)48(71)58-36(23-27(6)7)47(70)60-37(25-64)51(74)75-38/h26-38,40-42,64H,13-25,52-54H2,1-12H3,(H,55,65)(H,56,69)(H,57,72)(H,58,71)(H,59,73)(H,60,70)(H,61,67)(H,62,66)(H,63,68)/t29?,30-,31-,32-,33-,34-,35-,36-,37-,38?,40-,41-,42-/m0/s1. The fourth-order valence-corrected chi connectivity index (χ4v) is 8.21. The van der Waals surface area contributed by atoms with Gasteiger partial charge in [0.25, 0.3) is 0 Å². The molecule has 1 heterocycles. The topological polar surface area (TPSA) is 386 Å². The summed E-state index contributed by atoms with van der Waals surface area (Å²) in [4.78, 5) is 140. The fraction of sp³-hybridized carbons (Fsp3) is 0.804. The van der Waals surface area contributed by atoms with Crippen LogP contribution in [0.25, 0.3) is 0 Å². The van der Waals surface area contributed by atoms with E-state index in [0.717, 1.165) is 0 Å². The van der Waals surface area contributed by atoms with Crippen LogP contribution in [0.2, 0.25) is 0 Å². The summed E-state index contributed by atoms with van der Waals surface area (Å²) in [5.41, 5.74) is 17.7. The molecule has 13 atom stereocenters. The lowest BCUT2D eigenvalue weighted by molar-refractivity contribution is -0.158. The molecule has 0 aromatic carbocycles. The number of aliphatic hydroxyl groups excluding tert-OH is 1. The molecule has 1 fully saturated rings. The Morgan fingerprint density at radius 1 is 0.440 bits per heavy atom. The third-order valence-corrected chi connectivity index (χ3v) is 13.5. The van der Waals surface area contributed by atoms with Gasteiger partial charge in [-0.25, -0.2) is 4.79 Å². The van der Waals surface area contributed by atoms with Gasteiger partial charge in [0.15, 0.2) is 6.04 Å². The molecular weight excluding hydrogens is 973 g/mol. The van der Waals surface area contributed by atoms with E-state index in [2.05, 4.69) is 47.9 Å². The molecule has 0 bridgehead atoms. The van der Waals surface area contributed by atoms with Gasteiger partial charge in [-0.2, -0.15) is 0 Å². The van der Waals surface area contributed by atoms with Crippen LogP contribution in [0, 0.1) is 35.5 Å². The van der Waals surface area contributed by atoms with Gasteiger partial charge >= 0.3 is 5.97 Å². The lowest BCUT2D eigenvalue weighted by atomic mass is 9.95. The van der Waals surface area contributed by atoms with Gasteiger partial charge in [0.1, 0.15) is 54.4 Å². The number of amides is 9. The second-order valence-electron chi connectivity index (χ2n) is 21.1. The van der Waals surface area contributed by atoms with Gasteiger partial charge in [0.2, 0.25) is 53.2 Å². The van der Waals surface area contributed by atoms with E-state index in [1.165, 1.54) is 0 Å². The molecule has 0 saturated carbocycles. The van der Waals surface area contributed by atoms with Crippen LogP contribution in [-0.2, 0) is 52.7 Å². The SMILES string of the molecule is CCC(C)C1CC(=O)N[C@@H](CCN)C(=O)N[C@@H]([C@@H](C)CC)C(=O)N[C@@H](CCN)C(=O)N[C@@H]([C@@H](C)CC)C(=O)N[C@@H](CC(C)C)C(=O)N[C@@H](CCN)C(=O)N[C@@H](C(C)C)C(=O)N[C@@H](CC(C)C)C(=O)N[C@@H](CO)C(=O)O1. The van der Waals surface area contributed by atoms with Crippen molar-refractivity contribution >= 4 is 59.1 Å².